The van der Waals surface area contributed by atoms with Gasteiger partial charge in [0.2, 0.25) is 0 Å². The molecule has 1 aromatic heterocycles. The molecule has 7 nitrogen and oxygen atoms in total. The van der Waals surface area contributed by atoms with Gasteiger partial charge in [0, 0.05) is 19.0 Å². The molecule has 1 atom stereocenters. The Morgan fingerprint density at radius 3 is 2.70 bits per heavy atom. The Morgan fingerprint density at radius 1 is 1.15 bits per heavy atom. The van der Waals surface area contributed by atoms with Crippen LogP contribution >= 0.6 is 11.3 Å². The monoisotopic (exact) mass is 386 g/mol. The Hall–Kier alpha value is -2.32. The van der Waals surface area contributed by atoms with Crippen molar-refractivity contribution in [1.29, 1.82) is 0 Å². The van der Waals surface area contributed by atoms with E-state index in [1.807, 2.05) is 25.1 Å². The van der Waals surface area contributed by atoms with Gasteiger partial charge in [-0.15, -0.1) is 11.3 Å². The van der Waals surface area contributed by atoms with Crippen molar-refractivity contribution < 1.29 is 14.4 Å². The van der Waals surface area contributed by atoms with Gasteiger partial charge in [0.15, 0.2) is 0 Å². The number of fused-ring (bicyclic) bond motifs is 1. The van der Waals surface area contributed by atoms with Gasteiger partial charge in [0.05, 0.1) is 21.9 Å². The number of para-hydroxylation sites is 1. The second kappa shape index (κ2) is 7.36. The minimum Gasteiger partial charge on any atom is -0.285 e. The fraction of sp³-hybridized carbons (Fsp3) is 0.474. The van der Waals surface area contributed by atoms with Crippen LogP contribution in [0.5, 0.6) is 0 Å². The van der Waals surface area contributed by atoms with Crippen LogP contribution in [0.1, 0.15) is 37.1 Å². The van der Waals surface area contributed by atoms with Crippen LogP contribution in [0.4, 0.5) is 4.79 Å². The van der Waals surface area contributed by atoms with Crippen LogP contribution < -0.4 is 0 Å². The zero-order valence-electron chi connectivity index (χ0n) is 15.3. The summed E-state index contributed by atoms with van der Waals surface area (Å²) in [7, 11) is 0. The van der Waals surface area contributed by atoms with E-state index >= 15 is 0 Å². The van der Waals surface area contributed by atoms with Crippen LogP contribution in [-0.4, -0.2) is 63.8 Å². The standard InChI is InChI=1S/C19H22N4O3S/c1-2-9-22-17(24)18(25)23(19(22)26)12-21-10-5-6-13(11-21)16-20-14-7-3-4-8-15(14)27-16/h3-4,7-8,13H,2,5-6,9-12H2,1H3/t13-/m1/s1. The molecule has 0 radical (unpaired) electrons. The van der Waals surface area contributed by atoms with Crippen molar-refractivity contribution in [2.75, 3.05) is 26.3 Å². The SMILES string of the molecule is CCCN1C(=O)C(=O)N(CN2CCC[C@@H](c3nc4ccccc4s3)C2)C1=O. The van der Waals surface area contributed by atoms with E-state index in [2.05, 4.69) is 11.0 Å². The first-order chi connectivity index (χ1) is 13.1. The minimum absolute atomic E-state index is 0.172. The predicted octanol–water partition coefficient (Wildman–Crippen LogP) is 2.63. The molecule has 0 N–H and O–H groups in total. The number of nitrogens with zero attached hydrogens (tertiary/aromatic N) is 4. The topological polar surface area (TPSA) is 73.8 Å². The normalized spacial score (nSPS) is 21.7. The molecule has 0 aliphatic carbocycles. The van der Waals surface area contributed by atoms with Gasteiger partial charge in [-0.1, -0.05) is 19.1 Å². The molecule has 2 aliphatic heterocycles. The third-order valence-corrected chi connectivity index (χ3v) is 6.29. The molecule has 0 bridgehead atoms. The van der Waals surface area contributed by atoms with E-state index in [0.717, 1.165) is 46.3 Å². The van der Waals surface area contributed by atoms with Crippen LogP contribution in [0.2, 0.25) is 0 Å². The number of carbonyl (C=O) groups excluding carboxylic acids is 3. The fourth-order valence-electron chi connectivity index (χ4n) is 3.75. The first kappa shape index (κ1) is 18.1. The van der Waals surface area contributed by atoms with E-state index in [1.54, 1.807) is 11.3 Å². The van der Waals surface area contributed by atoms with Crippen molar-refractivity contribution in [1.82, 2.24) is 19.7 Å². The Kier molecular flexibility index (Phi) is 4.92. The Labute approximate surface area is 161 Å². The van der Waals surface area contributed by atoms with Gasteiger partial charge in [-0.05, 0) is 37.9 Å². The summed E-state index contributed by atoms with van der Waals surface area (Å²) in [6.07, 6.45) is 2.66. The number of amides is 4. The summed E-state index contributed by atoms with van der Waals surface area (Å²) in [5.41, 5.74) is 1.01. The molecule has 0 saturated carbocycles. The second-order valence-electron chi connectivity index (χ2n) is 7.05. The molecule has 2 fully saturated rings. The maximum absolute atomic E-state index is 12.4. The van der Waals surface area contributed by atoms with Crippen LogP contribution in [0.25, 0.3) is 10.2 Å². The lowest BCUT2D eigenvalue weighted by atomic mass is 9.99. The summed E-state index contributed by atoms with van der Waals surface area (Å²) in [4.78, 5) is 45.7. The highest BCUT2D eigenvalue weighted by molar-refractivity contribution is 7.18. The molecule has 0 spiro atoms. The predicted molar refractivity (Wildman–Crippen MR) is 102 cm³/mol. The number of rotatable bonds is 5. The number of carbonyl (C=O) groups is 3. The highest BCUT2D eigenvalue weighted by atomic mass is 32.1. The maximum atomic E-state index is 12.4. The third kappa shape index (κ3) is 3.35. The fourth-order valence-corrected chi connectivity index (χ4v) is 4.84. The van der Waals surface area contributed by atoms with Crippen LogP contribution in [0.15, 0.2) is 24.3 Å². The molecule has 4 rings (SSSR count). The molecule has 1 aromatic carbocycles. The van der Waals surface area contributed by atoms with E-state index in [0.29, 0.717) is 6.42 Å². The van der Waals surface area contributed by atoms with Gasteiger partial charge in [-0.2, -0.15) is 0 Å². The van der Waals surface area contributed by atoms with E-state index < -0.39 is 17.8 Å². The number of likely N-dealkylation sites (tertiary alicyclic amines) is 1. The Morgan fingerprint density at radius 2 is 1.93 bits per heavy atom. The number of aromatic nitrogens is 1. The largest absolute Gasteiger partial charge is 0.335 e. The molecule has 2 aromatic rings. The van der Waals surface area contributed by atoms with Crippen molar-refractivity contribution in [3.8, 4) is 0 Å². The molecule has 2 saturated heterocycles. The van der Waals surface area contributed by atoms with Crippen LogP contribution in [-0.2, 0) is 9.59 Å². The summed E-state index contributed by atoms with van der Waals surface area (Å²) in [5.74, 6) is -1.14. The van der Waals surface area contributed by atoms with Gasteiger partial charge in [-0.3, -0.25) is 19.4 Å². The van der Waals surface area contributed by atoms with Crippen molar-refractivity contribution in [3.05, 3.63) is 29.3 Å². The van der Waals surface area contributed by atoms with Gasteiger partial charge < -0.3 is 0 Å². The summed E-state index contributed by atoms with van der Waals surface area (Å²) < 4.78 is 1.18. The highest BCUT2D eigenvalue weighted by Gasteiger charge is 2.44. The summed E-state index contributed by atoms with van der Waals surface area (Å²) >= 11 is 1.71. The Bertz CT molecular complexity index is 863. The Balaban J connectivity index is 1.46. The van der Waals surface area contributed by atoms with Gasteiger partial charge in [0.1, 0.15) is 0 Å². The average molecular weight is 386 g/mol. The van der Waals surface area contributed by atoms with Crippen molar-refractivity contribution >= 4 is 39.4 Å². The third-order valence-electron chi connectivity index (χ3n) is 5.09. The summed E-state index contributed by atoms with van der Waals surface area (Å²) in [6, 6.07) is 7.61. The van der Waals surface area contributed by atoms with Gasteiger partial charge in [-0.25, -0.2) is 14.7 Å². The van der Waals surface area contributed by atoms with Gasteiger partial charge in [0.25, 0.3) is 0 Å². The summed E-state index contributed by atoms with van der Waals surface area (Å²) in [6.45, 7) is 3.87. The molecule has 8 heteroatoms. The van der Waals surface area contributed by atoms with Crippen molar-refractivity contribution in [3.63, 3.8) is 0 Å². The number of urea groups is 1. The lowest BCUT2D eigenvalue weighted by molar-refractivity contribution is -0.144. The van der Waals surface area contributed by atoms with Crippen molar-refractivity contribution in [2.45, 2.75) is 32.1 Å². The zero-order valence-corrected chi connectivity index (χ0v) is 16.1. The number of hydrogen-bond donors (Lipinski definition) is 0. The number of imide groups is 2. The lowest BCUT2D eigenvalue weighted by Crippen LogP contribution is -2.45. The molecule has 4 amide bonds. The molecular formula is C19H22N4O3S. The van der Waals surface area contributed by atoms with E-state index in [4.69, 9.17) is 4.98 Å². The molecule has 3 heterocycles. The molecular weight excluding hydrogens is 364 g/mol. The first-order valence-corrected chi connectivity index (χ1v) is 10.1. The molecule has 0 unspecified atom stereocenters. The van der Waals surface area contributed by atoms with Crippen LogP contribution in [0, 0.1) is 0 Å². The molecule has 2 aliphatic rings. The maximum Gasteiger partial charge on any atom is 0.335 e. The highest BCUT2D eigenvalue weighted by Crippen LogP contribution is 2.33. The summed E-state index contributed by atoms with van der Waals surface area (Å²) in [5, 5.41) is 1.10. The van der Waals surface area contributed by atoms with Gasteiger partial charge >= 0.3 is 17.8 Å². The van der Waals surface area contributed by atoms with E-state index in [1.165, 1.54) is 4.70 Å². The number of benzene rings is 1. The smallest absolute Gasteiger partial charge is 0.285 e. The second-order valence-corrected chi connectivity index (χ2v) is 8.11. The number of hydrogen-bond acceptors (Lipinski definition) is 6. The van der Waals surface area contributed by atoms with Crippen LogP contribution in [0.3, 0.4) is 0 Å². The van der Waals surface area contributed by atoms with E-state index in [9.17, 15) is 14.4 Å². The average Bonchev–Trinajstić information content (AvgIpc) is 3.20. The quantitative estimate of drug-likeness (QED) is 0.583. The minimum atomic E-state index is -0.712. The lowest BCUT2D eigenvalue weighted by Gasteiger charge is -2.33. The van der Waals surface area contributed by atoms with E-state index in [-0.39, 0.29) is 19.1 Å². The molecule has 142 valence electrons. The zero-order chi connectivity index (χ0) is 19.0. The number of piperidine rings is 1. The number of thiazole rings is 1. The first-order valence-electron chi connectivity index (χ1n) is 9.33. The van der Waals surface area contributed by atoms with Crippen molar-refractivity contribution in [2.24, 2.45) is 0 Å². The molecule has 27 heavy (non-hydrogen) atoms.